The van der Waals surface area contributed by atoms with Gasteiger partial charge >= 0.3 is 5.97 Å². The molecule has 0 saturated heterocycles. The molecule has 2 rings (SSSR count). The molecule has 0 radical (unpaired) electrons. The molecule has 1 N–H and O–H groups in total. The lowest BCUT2D eigenvalue weighted by Gasteiger charge is -2.39. The molecule has 0 heterocycles. The van der Waals surface area contributed by atoms with E-state index in [0.717, 1.165) is 18.4 Å². The summed E-state index contributed by atoms with van der Waals surface area (Å²) in [6.45, 7) is 17.5. The minimum atomic E-state index is -1.98. The van der Waals surface area contributed by atoms with E-state index in [1.54, 1.807) is 12.1 Å². The molecule has 0 unspecified atom stereocenters. The van der Waals surface area contributed by atoms with Gasteiger partial charge in [-0.1, -0.05) is 88.0 Å². The highest BCUT2D eigenvalue weighted by Gasteiger charge is 2.39. The number of hydrogen-bond donors (Lipinski definition) is 1. The number of carbonyl (C=O) groups excluding carboxylic acids is 1. The van der Waals surface area contributed by atoms with Crippen molar-refractivity contribution in [1.82, 2.24) is 0 Å². The normalized spacial score (nSPS) is 14.9. The maximum absolute atomic E-state index is 12.9. The Morgan fingerprint density at radius 3 is 2.17 bits per heavy atom. The monoisotopic (exact) mass is 508 g/mol. The Morgan fingerprint density at radius 2 is 1.61 bits per heavy atom. The van der Waals surface area contributed by atoms with Gasteiger partial charge in [-0.05, 0) is 67.6 Å². The second-order valence-electron chi connectivity index (χ2n) is 10.9. The van der Waals surface area contributed by atoms with Crippen molar-refractivity contribution in [2.75, 3.05) is 0 Å². The number of aliphatic hydroxyl groups is 1. The first-order chi connectivity index (χ1) is 16.9. The number of esters is 1. The third-order valence-corrected chi connectivity index (χ3v) is 11.5. The molecule has 36 heavy (non-hydrogen) atoms. The summed E-state index contributed by atoms with van der Waals surface area (Å²) in [6.07, 6.45) is 5.40. The van der Waals surface area contributed by atoms with E-state index in [2.05, 4.69) is 46.5 Å². The molecule has 2 aromatic carbocycles. The Hall–Kier alpha value is -2.47. The third-order valence-electron chi connectivity index (χ3n) is 7.01. The molecule has 0 bridgehead atoms. The minimum Gasteiger partial charge on any atom is -0.454 e. The fraction of sp³-hybridized carbons (Fsp3) is 0.452. The van der Waals surface area contributed by atoms with Gasteiger partial charge in [-0.2, -0.15) is 0 Å². The lowest BCUT2D eigenvalue weighted by Crippen LogP contribution is -2.44. The van der Waals surface area contributed by atoms with Gasteiger partial charge in [0.2, 0.25) is 0 Å². The molecule has 0 amide bonds. The van der Waals surface area contributed by atoms with Crippen LogP contribution in [-0.4, -0.2) is 31.6 Å². The smallest absolute Gasteiger partial charge is 0.338 e. The molecule has 3 atom stereocenters. The predicted molar refractivity (Wildman–Crippen MR) is 152 cm³/mol. The van der Waals surface area contributed by atoms with Gasteiger partial charge in [0.1, 0.15) is 6.10 Å². The summed E-state index contributed by atoms with van der Waals surface area (Å²) in [4.78, 5) is 12.9. The van der Waals surface area contributed by atoms with E-state index in [1.165, 1.54) is 0 Å². The van der Waals surface area contributed by atoms with E-state index in [9.17, 15) is 9.90 Å². The van der Waals surface area contributed by atoms with Crippen molar-refractivity contribution in [2.45, 2.75) is 89.8 Å². The minimum absolute atomic E-state index is 0.0202. The van der Waals surface area contributed by atoms with Crippen molar-refractivity contribution in [3.8, 4) is 0 Å². The molecule has 5 heteroatoms. The van der Waals surface area contributed by atoms with Crippen LogP contribution in [0, 0.1) is 0 Å². The largest absolute Gasteiger partial charge is 0.454 e. The SMILES string of the molecule is C=C(C[C@H](O)c1ccccc1)[C@@H](CC[C@@H](C/C=C/C)O[Si](C)(C)C(C)(C)C)OC(=O)c1ccccc1. The molecular weight excluding hydrogens is 464 g/mol. The van der Waals surface area contributed by atoms with Crippen molar-refractivity contribution in [3.05, 3.63) is 96.1 Å². The van der Waals surface area contributed by atoms with Gasteiger partial charge in [-0.15, -0.1) is 0 Å². The van der Waals surface area contributed by atoms with Crippen LogP contribution in [0.25, 0.3) is 0 Å². The lowest BCUT2D eigenvalue weighted by molar-refractivity contribution is 0.0304. The van der Waals surface area contributed by atoms with E-state index in [4.69, 9.17) is 9.16 Å². The number of ether oxygens (including phenoxy) is 1. The molecule has 4 nitrogen and oxygen atoms in total. The van der Waals surface area contributed by atoms with Crippen LogP contribution in [0.5, 0.6) is 0 Å². The number of carbonyl (C=O) groups is 1. The highest BCUT2D eigenvalue weighted by atomic mass is 28.4. The Labute approximate surface area is 219 Å². The summed E-state index contributed by atoms with van der Waals surface area (Å²) in [5.41, 5.74) is 2.02. The molecule has 196 valence electrons. The van der Waals surface area contributed by atoms with Crippen LogP contribution in [0.15, 0.2) is 85.0 Å². The molecule has 0 saturated carbocycles. The van der Waals surface area contributed by atoms with Crippen molar-refractivity contribution in [3.63, 3.8) is 0 Å². The van der Waals surface area contributed by atoms with Crippen molar-refractivity contribution in [2.24, 2.45) is 0 Å². The van der Waals surface area contributed by atoms with Gasteiger partial charge in [0.05, 0.1) is 11.7 Å². The quantitative estimate of drug-likeness (QED) is 0.169. The van der Waals surface area contributed by atoms with Gasteiger partial charge in [0, 0.05) is 12.5 Å². The average molecular weight is 509 g/mol. The van der Waals surface area contributed by atoms with Crippen molar-refractivity contribution < 1.29 is 19.1 Å². The van der Waals surface area contributed by atoms with E-state index < -0.39 is 20.5 Å². The van der Waals surface area contributed by atoms with Crippen LogP contribution in [0.1, 0.15) is 75.4 Å². The number of aliphatic hydroxyl groups excluding tert-OH is 1. The number of rotatable bonds is 13. The summed E-state index contributed by atoms with van der Waals surface area (Å²) in [5.74, 6) is -0.383. The zero-order chi connectivity index (χ0) is 26.8. The van der Waals surface area contributed by atoms with Crippen LogP contribution in [0.3, 0.4) is 0 Å². The van der Waals surface area contributed by atoms with Gasteiger partial charge in [-0.3, -0.25) is 0 Å². The first kappa shape index (κ1) is 29.8. The summed E-state index contributed by atoms with van der Waals surface area (Å²) in [7, 11) is -1.98. The molecule has 0 aliphatic heterocycles. The maximum atomic E-state index is 12.9. The Balaban J connectivity index is 2.19. The Morgan fingerprint density at radius 1 is 1.03 bits per heavy atom. The summed E-state index contributed by atoms with van der Waals surface area (Å²) in [6, 6.07) is 18.5. The standard InChI is InChI=1S/C31H44O4Si/c1-8-9-20-27(35-36(6,7)31(3,4)5)21-22-29(34-30(33)26-18-14-11-15-19-26)24(2)23-28(32)25-16-12-10-13-17-25/h8-19,27-29,32H,2,20-23H2,1,3-7H3/b9-8+/t27-,28+,29-/m1/s1. The average Bonchev–Trinajstić information content (AvgIpc) is 2.84. The predicted octanol–water partition coefficient (Wildman–Crippen LogP) is 8.03. The van der Waals surface area contributed by atoms with Crippen LogP contribution < -0.4 is 0 Å². The second-order valence-corrected chi connectivity index (χ2v) is 15.7. The number of benzene rings is 2. The molecule has 0 spiro atoms. The zero-order valence-electron chi connectivity index (χ0n) is 22.9. The van der Waals surface area contributed by atoms with Gasteiger partial charge in [0.25, 0.3) is 0 Å². The molecule has 0 aliphatic carbocycles. The first-order valence-corrected chi connectivity index (χ1v) is 15.8. The van der Waals surface area contributed by atoms with Crippen molar-refractivity contribution in [1.29, 1.82) is 0 Å². The highest BCUT2D eigenvalue weighted by Crippen LogP contribution is 2.38. The van der Waals surface area contributed by atoms with E-state index in [-0.39, 0.29) is 17.1 Å². The Bertz CT molecular complexity index is 977. The van der Waals surface area contributed by atoms with Gasteiger partial charge in [0.15, 0.2) is 8.32 Å². The molecule has 0 aromatic heterocycles. The summed E-state index contributed by atoms with van der Waals surface area (Å²) < 4.78 is 12.7. The van der Waals surface area contributed by atoms with Gasteiger partial charge in [-0.25, -0.2) is 4.79 Å². The van der Waals surface area contributed by atoms with Crippen LogP contribution in [0.2, 0.25) is 18.1 Å². The van der Waals surface area contributed by atoms with E-state index >= 15 is 0 Å². The Kier molecular flexibility index (Phi) is 11.3. The lowest BCUT2D eigenvalue weighted by atomic mass is 9.95. The van der Waals surface area contributed by atoms with Crippen LogP contribution in [0.4, 0.5) is 0 Å². The number of allylic oxidation sites excluding steroid dienone is 1. The topological polar surface area (TPSA) is 55.8 Å². The fourth-order valence-corrected chi connectivity index (χ4v) is 5.14. The van der Waals surface area contributed by atoms with E-state index in [1.807, 2.05) is 61.5 Å². The molecule has 0 aliphatic rings. The zero-order valence-corrected chi connectivity index (χ0v) is 23.9. The molecular formula is C31H44O4Si. The first-order valence-electron chi connectivity index (χ1n) is 12.9. The van der Waals surface area contributed by atoms with Gasteiger partial charge < -0.3 is 14.3 Å². The van der Waals surface area contributed by atoms with Crippen molar-refractivity contribution >= 4 is 14.3 Å². The summed E-state index contributed by atoms with van der Waals surface area (Å²) >= 11 is 0. The second kappa shape index (κ2) is 13.7. The van der Waals surface area contributed by atoms with Crippen LogP contribution >= 0.6 is 0 Å². The third kappa shape index (κ3) is 9.19. The fourth-order valence-electron chi connectivity index (χ4n) is 3.73. The molecule has 2 aromatic rings. The maximum Gasteiger partial charge on any atom is 0.338 e. The molecule has 0 fully saturated rings. The summed E-state index contributed by atoms with van der Waals surface area (Å²) in [5, 5.41) is 10.9. The van der Waals surface area contributed by atoms with E-state index in [0.29, 0.717) is 24.0 Å². The van der Waals surface area contributed by atoms with Crippen LogP contribution in [-0.2, 0) is 9.16 Å². The highest BCUT2D eigenvalue weighted by molar-refractivity contribution is 6.74. The number of hydrogen-bond acceptors (Lipinski definition) is 4.